The molecule has 5 heteroatoms. The molecule has 0 saturated carbocycles. The summed E-state index contributed by atoms with van der Waals surface area (Å²) < 4.78 is 18.4. The lowest BCUT2D eigenvalue weighted by atomic mass is 9.98. The molecule has 0 radical (unpaired) electrons. The molecule has 1 aliphatic rings. The van der Waals surface area contributed by atoms with Crippen LogP contribution in [0.25, 0.3) is 10.8 Å². The molecule has 0 spiro atoms. The van der Waals surface area contributed by atoms with E-state index in [-0.39, 0.29) is 5.92 Å². The van der Waals surface area contributed by atoms with Crippen molar-refractivity contribution in [3.05, 3.63) is 48.0 Å². The molecule has 19 heavy (non-hydrogen) atoms. The molecule has 2 aromatic carbocycles. The second-order valence-electron chi connectivity index (χ2n) is 4.67. The van der Waals surface area contributed by atoms with Gasteiger partial charge in [-0.15, -0.1) is 0 Å². The van der Waals surface area contributed by atoms with Gasteiger partial charge in [0.2, 0.25) is 0 Å². The number of oxime groups is 1. The molecule has 0 amide bonds. The van der Waals surface area contributed by atoms with Crippen molar-refractivity contribution in [3.63, 3.8) is 0 Å². The van der Waals surface area contributed by atoms with Crippen LogP contribution in [0.2, 0.25) is 0 Å². The molecule has 1 N–H and O–H groups in total. The van der Waals surface area contributed by atoms with Gasteiger partial charge in [0.15, 0.2) is 5.84 Å². The van der Waals surface area contributed by atoms with Gasteiger partial charge in [-0.3, -0.25) is 9.01 Å². The third kappa shape index (κ3) is 2.61. The summed E-state index contributed by atoms with van der Waals surface area (Å²) in [4.78, 5) is 0. The Hall–Kier alpha value is -1.88. The van der Waals surface area contributed by atoms with Gasteiger partial charge in [0.05, 0.1) is 0 Å². The summed E-state index contributed by atoms with van der Waals surface area (Å²) >= 11 is -1.51. The van der Waals surface area contributed by atoms with E-state index in [1.165, 1.54) is 16.3 Å². The lowest BCUT2D eigenvalue weighted by molar-refractivity contribution is 0.383. The molecule has 2 atom stereocenters. The summed E-state index contributed by atoms with van der Waals surface area (Å²) in [5.41, 5.74) is 1.23. The van der Waals surface area contributed by atoms with Crippen molar-refractivity contribution in [2.75, 3.05) is 0 Å². The Morgan fingerprint density at radius 1 is 1.26 bits per heavy atom. The number of fused-ring (bicyclic) bond motifs is 1. The van der Waals surface area contributed by atoms with Crippen molar-refractivity contribution < 1.29 is 8.49 Å². The van der Waals surface area contributed by atoms with Crippen molar-refractivity contribution >= 4 is 27.9 Å². The largest absolute Gasteiger partial charge is 0.338 e. The highest BCUT2D eigenvalue weighted by Gasteiger charge is 2.20. The monoisotopic (exact) mass is 274 g/mol. The summed E-state index contributed by atoms with van der Waals surface area (Å²) in [6.45, 7) is 2.03. The fraction of sp³-hybridized carbons (Fsp3) is 0.214. The average Bonchev–Trinajstić information content (AvgIpc) is 2.85. The van der Waals surface area contributed by atoms with Crippen LogP contribution in [0.1, 0.15) is 12.5 Å². The molecule has 0 aliphatic carbocycles. The lowest BCUT2D eigenvalue weighted by Gasteiger charge is -2.10. The van der Waals surface area contributed by atoms with E-state index in [2.05, 4.69) is 44.5 Å². The summed E-state index contributed by atoms with van der Waals surface area (Å²) in [5, 5.41) is 6.25. The fourth-order valence-corrected chi connectivity index (χ4v) is 2.80. The molecule has 0 bridgehead atoms. The van der Waals surface area contributed by atoms with E-state index in [1.54, 1.807) is 0 Å². The first kappa shape index (κ1) is 12.2. The smallest absolute Gasteiger partial charge is 0.269 e. The Labute approximate surface area is 114 Å². The first-order valence-electron chi connectivity index (χ1n) is 6.14. The summed E-state index contributed by atoms with van der Waals surface area (Å²) in [6.07, 6.45) is 0.831. The molecular formula is C14H14N2O2S. The number of hydrogen-bond acceptors (Lipinski definition) is 3. The third-order valence-corrected chi connectivity index (χ3v) is 3.80. The van der Waals surface area contributed by atoms with Gasteiger partial charge in [-0.2, -0.15) is 4.21 Å². The van der Waals surface area contributed by atoms with Gasteiger partial charge in [-0.05, 0) is 22.8 Å². The van der Waals surface area contributed by atoms with Crippen molar-refractivity contribution in [2.45, 2.75) is 13.3 Å². The summed E-state index contributed by atoms with van der Waals surface area (Å²) in [6, 6.07) is 14.7. The maximum Gasteiger partial charge on any atom is 0.338 e. The average molecular weight is 274 g/mol. The van der Waals surface area contributed by atoms with Gasteiger partial charge in [0.25, 0.3) is 0 Å². The molecule has 3 rings (SSSR count). The topological polar surface area (TPSA) is 50.7 Å². The molecule has 1 heterocycles. The van der Waals surface area contributed by atoms with Gasteiger partial charge in [0.1, 0.15) is 0 Å². The van der Waals surface area contributed by atoms with Crippen LogP contribution in [0.4, 0.5) is 0 Å². The molecule has 0 saturated heterocycles. The van der Waals surface area contributed by atoms with E-state index < -0.39 is 11.3 Å². The number of amidine groups is 1. The van der Waals surface area contributed by atoms with Gasteiger partial charge < -0.3 is 0 Å². The Kier molecular flexibility index (Phi) is 3.21. The van der Waals surface area contributed by atoms with Crippen LogP contribution in [-0.2, 0) is 22.0 Å². The van der Waals surface area contributed by atoms with Gasteiger partial charge in [-0.1, -0.05) is 54.5 Å². The van der Waals surface area contributed by atoms with E-state index in [0.29, 0.717) is 5.84 Å². The van der Waals surface area contributed by atoms with Crippen molar-refractivity contribution in [3.8, 4) is 0 Å². The zero-order valence-electron chi connectivity index (χ0n) is 10.5. The van der Waals surface area contributed by atoms with Crippen LogP contribution in [-0.4, -0.2) is 10.0 Å². The van der Waals surface area contributed by atoms with Gasteiger partial charge >= 0.3 is 11.3 Å². The SMILES string of the molecule is CC(Cc1ccc2ccccc2c1)C1=NOS(=O)N1. The minimum absolute atomic E-state index is 0.146. The quantitative estimate of drug-likeness (QED) is 0.935. The Balaban J connectivity index is 1.79. The van der Waals surface area contributed by atoms with Crippen LogP contribution >= 0.6 is 0 Å². The molecule has 0 aromatic heterocycles. The molecule has 2 aromatic rings. The van der Waals surface area contributed by atoms with Crippen LogP contribution in [0, 0.1) is 5.92 Å². The lowest BCUT2D eigenvalue weighted by Crippen LogP contribution is -2.26. The molecule has 4 nitrogen and oxygen atoms in total. The number of nitrogens with one attached hydrogen (secondary N) is 1. The zero-order valence-corrected chi connectivity index (χ0v) is 11.3. The molecule has 1 aliphatic heterocycles. The minimum atomic E-state index is -1.51. The third-order valence-electron chi connectivity index (χ3n) is 3.21. The summed E-state index contributed by atoms with van der Waals surface area (Å²) in [7, 11) is 0. The van der Waals surface area contributed by atoms with Crippen molar-refractivity contribution in [1.82, 2.24) is 4.72 Å². The van der Waals surface area contributed by atoms with Crippen LogP contribution < -0.4 is 4.72 Å². The number of nitrogens with zero attached hydrogens (tertiary/aromatic N) is 1. The van der Waals surface area contributed by atoms with E-state index in [9.17, 15) is 4.21 Å². The highest BCUT2D eigenvalue weighted by molar-refractivity contribution is 7.79. The standard InChI is InChI=1S/C14H14N2O2S/c1-10(14-15-18-19(17)16-14)8-11-6-7-12-4-2-3-5-13(12)9-11/h2-7,9-10H,8H2,1H3,(H,15,16). The Morgan fingerprint density at radius 3 is 2.79 bits per heavy atom. The second-order valence-corrected chi connectivity index (χ2v) is 5.50. The predicted octanol–water partition coefficient (Wildman–Crippen LogP) is 2.53. The number of hydrogen-bond donors (Lipinski definition) is 1. The predicted molar refractivity (Wildman–Crippen MR) is 76.6 cm³/mol. The summed E-state index contributed by atoms with van der Waals surface area (Å²) in [5.74, 6) is 0.791. The van der Waals surface area contributed by atoms with Gasteiger partial charge in [0, 0.05) is 5.92 Å². The maximum atomic E-state index is 11.0. The van der Waals surface area contributed by atoms with Crippen molar-refractivity contribution in [1.29, 1.82) is 0 Å². The molecule has 0 fully saturated rings. The van der Waals surface area contributed by atoms with Gasteiger partial charge in [-0.25, -0.2) is 0 Å². The van der Waals surface area contributed by atoms with Crippen LogP contribution in [0.5, 0.6) is 0 Å². The normalized spacial score (nSPS) is 19.6. The Morgan fingerprint density at radius 2 is 2.05 bits per heavy atom. The highest BCUT2D eigenvalue weighted by Crippen LogP contribution is 2.19. The zero-order chi connectivity index (χ0) is 13.2. The Bertz CT molecular complexity index is 669. The second kappa shape index (κ2) is 5.01. The van der Waals surface area contributed by atoms with E-state index in [1.807, 2.05) is 19.1 Å². The minimum Gasteiger partial charge on any atom is -0.269 e. The van der Waals surface area contributed by atoms with E-state index in [4.69, 9.17) is 0 Å². The van der Waals surface area contributed by atoms with Crippen LogP contribution in [0.15, 0.2) is 47.6 Å². The number of benzene rings is 2. The highest BCUT2D eigenvalue weighted by atomic mass is 32.2. The number of rotatable bonds is 3. The maximum absolute atomic E-state index is 11.0. The van der Waals surface area contributed by atoms with E-state index >= 15 is 0 Å². The van der Waals surface area contributed by atoms with E-state index in [0.717, 1.165) is 6.42 Å². The first-order chi connectivity index (χ1) is 9.22. The molecular weight excluding hydrogens is 260 g/mol. The van der Waals surface area contributed by atoms with Crippen LogP contribution in [0.3, 0.4) is 0 Å². The first-order valence-corrected chi connectivity index (χ1v) is 7.21. The molecule has 2 unspecified atom stereocenters. The van der Waals surface area contributed by atoms with Crippen molar-refractivity contribution in [2.24, 2.45) is 11.1 Å². The molecule has 98 valence electrons. The fourth-order valence-electron chi connectivity index (χ4n) is 2.20.